The zero-order valence-electron chi connectivity index (χ0n) is 12.4. The molecule has 1 aromatic rings. The molecular weight excluding hydrogens is 260 g/mol. The summed E-state index contributed by atoms with van der Waals surface area (Å²) in [6.45, 7) is 8.63. The van der Waals surface area contributed by atoms with E-state index in [0.29, 0.717) is 31.2 Å². The molecule has 1 aliphatic heterocycles. The first-order valence-electron chi connectivity index (χ1n) is 6.91. The van der Waals surface area contributed by atoms with Gasteiger partial charge in [0, 0.05) is 12.1 Å². The Labute approximate surface area is 118 Å². The highest BCUT2D eigenvalue weighted by atomic mass is 16.7. The summed E-state index contributed by atoms with van der Waals surface area (Å²) in [5.74, 6) is -0.648. The minimum absolute atomic E-state index is 0.0248. The summed E-state index contributed by atoms with van der Waals surface area (Å²) in [4.78, 5) is 11.8. The highest BCUT2D eigenvalue weighted by molar-refractivity contribution is 5.87. The summed E-state index contributed by atoms with van der Waals surface area (Å²) < 4.78 is 16.3. The van der Waals surface area contributed by atoms with E-state index in [1.165, 1.54) is 0 Å². The van der Waals surface area contributed by atoms with Crippen LogP contribution in [-0.4, -0.2) is 41.3 Å². The largest absolute Gasteiger partial charge is 0.461 e. The Kier molecular flexibility index (Phi) is 4.45. The van der Waals surface area contributed by atoms with E-state index in [9.17, 15) is 4.79 Å². The van der Waals surface area contributed by atoms with Crippen LogP contribution in [0.2, 0.25) is 0 Å². The minimum atomic E-state index is -0.539. The lowest BCUT2D eigenvalue weighted by Gasteiger charge is -2.16. The van der Waals surface area contributed by atoms with Crippen LogP contribution in [-0.2, 0) is 14.2 Å². The molecule has 6 heteroatoms. The molecule has 1 N–H and O–H groups in total. The molecule has 0 radical (unpaired) electrons. The van der Waals surface area contributed by atoms with Crippen molar-refractivity contribution in [3.8, 4) is 0 Å². The normalized spacial score (nSPS) is 21.4. The quantitative estimate of drug-likeness (QED) is 0.838. The summed E-state index contributed by atoms with van der Waals surface area (Å²) in [6, 6.07) is 1.73. The van der Waals surface area contributed by atoms with Gasteiger partial charge in [0.05, 0.1) is 19.3 Å². The van der Waals surface area contributed by atoms with Crippen LogP contribution in [0.3, 0.4) is 0 Å². The molecule has 1 aromatic heterocycles. The summed E-state index contributed by atoms with van der Waals surface area (Å²) in [6.07, 6.45) is 0.597. The number of hydrogen-bond acceptors (Lipinski definition) is 5. The predicted octanol–water partition coefficient (Wildman–Crippen LogP) is 2.23. The zero-order chi connectivity index (χ0) is 14.8. The van der Waals surface area contributed by atoms with Gasteiger partial charge in [-0.05, 0) is 25.8 Å². The Morgan fingerprint density at radius 1 is 1.60 bits per heavy atom. The van der Waals surface area contributed by atoms with Crippen molar-refractivity contribution >= 4 is 5.97 Å². The summed E-state index contributed by atoms with van der Waals surface area (Å²) in [7, 11) is 0. The highest BCUT2D eigenvalue weighted by Gasteiger charge is 2.32. The fraction of sp³-hybridized carbons (Fsp3) is 0.714. The minimum Gasteiger partial charge on any atom is -0.461 e. The maximum absolute atomic E-state index is 11.8. The Morgan fingerprint density at radius 3 is 2.90 bits per heavy atom. The molecule has 6 nitrogen and oxygen atoms in total. The second-order valence-corrected chi connectivity index (χ2v) is 5.74. The number of esters is 1. The molecule has 0 amide bonds. The van der Waals surface area contributed by atoms with Crippen LogP contribution >= 0.6 is 0 Å². The molecule has 0 unspecified atom stereocenters. The predicted molar refractivity (Wildman–Crippen MR) is 72.5 cm³/mol. The Hall–Kier alpha value is -1.40. The Morgan fingerprint density at radius 2 is 2.35 bits per heavy atom. The van der Waals surface area contributed by atoms with Gasteiger partial charge in [0.25, 0.3) is 0 Å². The van der Waals surface area contributed by atoms with Crippen molar-refractivity contribution in [2.45, 2.75) is 51.9 Å². The number of nitrogens with one attached hydrogen (secondary N) is 1. The van der Waals surface area contributed by atoms with E-state index in [0.717, 1.165) is 5.69 Å². The Balaban J connectivity index is 1.75. The van der Waals surface area contributed by atoms with E-state index in [2.05, 4.69) is 10.2 Å². The van der Waals surface area contributed by atoms with E-state index in [4.69, 9.17) is 14.2 Å². The second-order valence-electron chi connectivity index (χ2n) is 5.74. The van der Waals surface area contributed by atoms with Gasteiger partial charge in [0.1, 0.15) is 0 Å². The molecular formula is C14H22N2O4. The number of nitrogens with zero attached hydrogens (tertiary/aromatic N) is 1. The maximum Gasteiger partial charge on any atom is 0.358 e. The molecule has 0 bridgehead atoms. The van der Waals surface area contributed by atoms with E-state index < -0.39 is 11.8 Å². The number of carbonyl (C=O) groups excluding carboxylic acids is 1. The molecule has 20 heavy (non-hydrogen) atoms. The smallest absolute Gasteiger partial charge is 0.358 e. The van der Waals surface area contributed by atoms with Gasteiger partial charge in [-0.15, -0.1) is 0 Å². The van der Waals surface area contributed by atoms with Crippen molar-refractivity contribution in [2.75, 3.05) is 13.2 Å². The first-order chi connectivity index (χ1) is 9.37. The van der Waals surface area contributed by atoms with Crippen LogP contribution in [0.25, 0.3) is 0 Å². The van der Waals surface area contributed by atoms with Crippen molar-refractivity contribution < 1.29 is 19.0 Å². The molecule has 112 valence electrons. The first kappa shape index (κ1) is 15.0. The van der Waals surface area contributed by atoms with E-state index >= 15 is 0 Å². The van der Waals surface area contributed by atoms with Crippen LogP contribution in [0.1, 0.15) is 56.2 Å². The van der Waals surface area contributed by atoms with Crippen LogP contribution in [0.4, 0.5) is 0 Å². The monoisotopic (exact) mass is 282 g/mol. The van der Waals surface area contributed by atoms with E-state index in [-0.39, 0.29) is 6.10 Å². The van der Waals surface area contributed by atoms with Gasteiger partial charge in [0.2, 0.25) is 0 Å². The third-order valence-electron chi connectivity index (χ3n) is 3.17. The Bertz CT molecular complexity index is 467. The van der Waals surface area contributed by atoms with Crippen LogP contribution in [0.5, 0.6) is 0 Å². The average Bonchev–Trinajstić information content (AvgIpc) is 2.96. The standard InChI is InChI=1S/C14H22N2O4/c1-9(2)11-7-12(16-15-11)13(17)18-6-5-10-8-19-14(3,4)20-10/h7,9-10H,5-6,8H2,1-4H3,(H,15,16)/t10-/m1/s1. The molecule has 1 fully saturated rings. The summed E-state index contributed by atoms with van der Waals surface area (Å²) in [5.41, 5.74) is 1.24. The molecule has 1 saturated heterocycles. The van der Waals surface area contributed by atoms with Crippen molar-refractivity contribution in [2.24, 2.45) is 0 Å². The molecule has 0 saturated carbocycles. The van der Waals surface area contributed by atoms with Gasteiger partial charge >= 0.3 is 5.97 Å². The van der Waals surface area contributed by atoms with Gasteiger partial charge in [-0.3, -0.25) is 5.10 Å². The van der Waals surface area contributed by atoms with Gasteiger partial charge < -0.3 is 14.2 Å². The average molecular weight is 282 g/mol. The number of aromatic nitrogens is 2. The lowest BCUT2D eigenvalue weighted by Crippen LogP contribution is -2.22. The number of rotatable bonds is 5. The third kappa shape index (κ3) is 3.80. The fourth-order valence-electron chi connectivity index (χ4n) is 2.00. The molecule has 0 aromatic carbocycles. The molecule has 0 spiro atoms. The lowest BCUT2D eigenvalue weighted by molar-refractivity contribution is -0.139. The van der Waals surface area contributed by atoms with E-state index in [1.807, 2.05) is 27.7 Å². The van der Waals surface area contributed by atoms with Gasteiger partial charge in [-0.25, -0.2) is 4.79 Å². The van der Waals surface area contributed by atoms with Gasteiger partial charge in [-0.2, -0.15) is 5.10 Å². The zero-order valence-corrected chi connectivity index (χ0v) is 12.4. The summed E-state index contributed by atoms with van der Waals surface area (Å²) in [5, 5.41) is 6.79. The van der Waals surface area contributed by atoms with Crippen LogP contribution in [0, 0.1) is 0 Å². The molecule has 2 rings (SSSR count). The second kappa shape index (κ2) is 5.93. The van der Waals surface area contributed by atoms with Gasteiger partial charge in [0.15, 0.2) is 11.5 Å². The topological polar surface area (TPSA) is 73.4 Å². The first-order valence-corrected chi connectivity index (χ1v) is 6.91. The van der Waals surface area contributed by atoms with Crippen molar-refractivity contribution in [1.82, 2.24) is 10.2 Å². The third-order valence-corrected chi connectivity index (χ3v) is 3.17. The van der Waals surface area contributed by atoms with Crippen molar-refractivity contribution in [1.29, 1.82) is 0 Å². The molecule has 0 aliphatic carbocycles. The van der Waals surface area contributed by atoms with Crippen molar-refractivity contribution in [3.05, 3.63) is 17.5 Å². The SMILES string of the molecule is CC(C)c1cc(C(=O)OCC[C@@H]2COC(C)(C)O2)n[nH]1. The maximum atomic E-state index is 11.8. The van der Waals surface area contributed by atoms with E-state index in [1.54, 1.807) is 6.07 Å². The molecule has 2 heterocycles. The van der Waals surface area contributed by atoms with Crippen molar-refractivity contribution in [3.63, 3.8) is 0 Å². The lowest BCUT2D eigenvalue weighted by atomic mass is 10.1. The number of aromatic amines is 1. The highest BCUT2D eigenvalue weighted by Crippen LogP contribution is 2.24. The number of ether oxygens (including phenoxy) is 3. The van der Waals surface area contributed by atoms with Crippen LogP contribution in [0.15, 0.2) is 6.07 Å². The van der Waals surface area contributed by atoms with Gasteiger partial charge in [-0.1, -0.05) is 13.8 Å². The fourth-order valence-corrected chi connectivity index (χ4v) is 2.00. The number of H-pyrrole nitrogens is 1. The molecule has 1 aliphatic rings. The summed E-state index contributed by atoms with van der Waals surface area (Å²) >= 11 is 0. The number of carbonyl (C=O) groups is 1. The van der Waals surface area contributed by atoms with Crippen LogP contribution < -0.4 is 0 Å². The number of hydrogen-bond donors (Lipinski definition) is 1. The molecule has 1 atom stereocenters.